The zero-order valence-corrected chi connectivity index (χ0v) is 36.4. The lowest BCUT2D eigenvalue weighted by molar-refractivity contribution is 0.436. The van der Waals surface area contributed by atoms with Crippen molar-refractivity contribution in [1.82, 2.24) is 0 Å². The largest absolute Gasteiger partial charge is 0.457 e. The van der Waals surface area contributed by atoms with Crippen LogP contribution in [0.2, 0.25) is 0 Å². The molecule has 66 heavy (non-hydrogen) atoms. The molecule has 0 radical (unpaired) electrons. The van der Waals surface area contributed by atoms with Gasteiger partial charge in [0.05, 0.1) is 10.8 Å². The van der Waals surface area contributed by atoms with E-state index in [1.54, 1.807) is 0 Å². The summed E-state index contributed by atoms with van der Waals surface area (Å²) in [5.74, 6) is 1.78. The molecule has 2 aliphatic heterocycles. The van der Waals surface area contributed by atoms with Gasteiger partial charge in [0.25, 0.3) is 0 Å². The maximum absolute atomic E-state index is 6.66. The van der Waals surface area contributed by atoms with Crippen LogP contribution in [0.4, 0.5) is 17.1 Å². The Morgan fingerprint density at radius 3 is 1.35 bits per heavy atom. The molecule has 308 valence electrons. The lowest BCUT2D eigenvalue weighted by Gasteiger charge is -2.39. The van der Waals surface area contributed by atoms with Crippen LogP contribution in [0.3, 0.4) is 0 Å². The maximum Gasteiger partial charge on any atom is 0.135 e. The minimum absolute atomic E-state index is 0.454. The number of para-hydroxylation sites is 3. The van der Waals surface area contributed by atoms with Crippen molar-refractivity contribution in [2.24, 2.45) is 0 Å². The fourth-order valence-electron chi connectivity index (χ4n) is 12.3. The number of rotatable bonds is 3. The molecular weight excluding hydrogens is 823 g/mol. The molecule has 4 heteroatoms. The van der Waals surface area contributed by atoms with Crippen LogP contribution in [0, 0.1) is 0 Å². The smallest absolute Gasteiger partial charge is 0.135 e. The minimum Gasteiger partial charge on any atom is -0.457 e. The Bertz CT molecular complexity index is 3590. The molecule has 0 amide bonds. The van der Waals surface area contributed by atoms with Crippen LogP contribution in [0.5, 0.6) is 11.5 Å². The van der Waals surface area contributed by atoms with E-state index in [0.29, 0.717) is 0 Å². The highest BCUT2D eigenvalue weighted by Crippen LogP contribution is 2.65. The third-order valence-corrected chi connectivity index (χ3v) is 15.9. The number of nitrogens with zero attached hydrogens (tertiary/aromatic N) is 1. The molecule has 10 aromatic carbocycles. The summed E-state index contributed by atoms with van der Waals surface area (Å²) in [5.41, 5.74) is 19.1. The Morgan fingerprint density at radius 2 is 0.742 bits per heavy atom. The summed E-state index contributed by atoms with van der Waals surface area (Å²) < 4.78 is 13.1. The summed E-state index contributed by atoms with van der Waals surface area (Å²) in [4.78, 5) is 5.06. The van der Waals surface area contributed by atoms with Crippen molar-refractivity contribution in [2.45, 2.75) is 20.6 Å². The van der Waals surface area contributed by atoms with Gasteiger partial charge < -0.3 is 14.1 Å². The first-order chi connectivity index (χ1) is 32.7. The third kappa shape index (κ3) is 4.59. The van der Waals surface area contributed by atoms with Crippen molar-refractivity contribution >= 4 is 50.8 Å². The summed E-state index contributed by atoms with van der Waals surface area (Å²) in [5, 5.41) is 2.20. The van der Waals surface area contributed by atoms with Gasteiger partial charge >= 0.3 is 0 Å². The van der Waals surface area contributed by atoms with Crippen molar-refractivity contribution in [1.29, 1.82) is 0 Å². The van der Waals surface area contributed by atoms with E-state index in [2.05, 4.69) is 223 Å². The van der Waals surface area contributed by atoms with Crippen LogP contribution in [0.25, 0.3) is 44.2 Å². The van der Waals surface area contributed by atoms with Gasteiger partial charge in [0, 0.05) is 48.8 Å². The lowest BCUT2D eigenvalue weighted by atomic mass is 9.66. The van der Waals surface area contributed by atoms with Crippen molar-refractivity contribution in [2.75, 3.05) is 4.90 Å². The molecule has 0 N–H and O–H groups in total. The lowest BCUT2D eigenvalue weighted by Crippen LogP contribution is -2.32. The SMILES string of the molecule is c1ccc2c(c1)Oc1ccccc1C21c2ccccc2-c2cc(N(c3ccc4c(c3)-c3ccccc3C43c4ccccc4Sc4ccccc43)c3ccc4oc5ccccc5c4c3)ccc21. The number of hydrogen-bond donors (Lipinski definition) is 0. The number of furan rings is 1. The van der Waals surface area contributed by atoms with E-state index in [9.17, 15) is 0 Å². The van der Waals surface area contributed by atoms with Gasteiger partial charge in [-0.05, 0) is 128 Å². The first-order valence-electron chi connectivity index (χ1n) is 22.7. The van der Waals surface area contributed by atoms with Gasteiger partial charge in [-0.15, -0.1) is 0 Å². The van der Waals surface area contributed by atoms with Gasteiger partial charge in [0.2, 0.25) is 0 Å². The zero-order chi connectivity index (χ0) is 43.1. The fourth-order valence-corrected chi connectivity index (χ4v) is 13.5. The molecule has 11 aromatic rings. The van der Waals surface area contributed by atoms with Crippen LogP contribution in [0.15, 0.2) is 239 Å². The normalized spacial score (nSPS) is 14.7. The molecule has 2 aliphatic carbocycles. The summed E-state index contributed by atoms with van der Waals surface area (Å²) in [6.45, 7) is 0. The molecule has 0 bridgehead atoms. The summed E-state index contributed by atoms with van der Waals surface area (Å²) in [6.07, 6.45) is 0. The molecule has 0 unspecified atom stereocenters. The van der Waals surface area contributed by atoms with Gasteiger partial charge in [-0.3, -0.25) is 0 Å². The highest BCUT2D eigenvalue weighted by Gasteiger charge is 2.52. The van der Waals surface area contributed by atoms with Crippen molar-refractivity contribution in [3.05, 3.63) is 269 Å². The Hall–Kier alpha value is -8.05. The van der Waals surface area contributed by atoms with E-state index >= 15 is 0 Å². The van der Waals surface area contributed by atoms with Gasteiger partial charge in [-0.25, -0.2) is 0 Å². The molecule has 3 heterocycles. The predicted molar refractivity (Wildman–Crippen MR) is 267 cm³/mol. The zero-order valence-electron chi connectivity index (χ0n) is 35.5. The van der Waals surface area contributed by atoms with Gasteiger partial charge in [0.1, 0.15) is 22.7 Å². The first-order valence-corrected chi connectivity index (χ1v) is 23.5. The first kappa shape index (κ1) is 36.3. The molecule has 0 atom stereocenters. The Morgan fingerprint density at radius 1 is 0.318 bits per heavy atom. The van der Waals surface area contributed by atoms with E-state index in [-0.39, 0.29) is 0 Å². The second-order valence-corrected chi connectivity index (χ2v) is 18.9. The third-order valence-electron chi connectivity index (χ3n) is 14.8. The molecule has 1 aromatic heterocycles. The number of benzene rings is 10. The number of fused-ring (bicyclic) bond motifs is 21. The highest BCUT2D eigenvalue weighted by atomic mass is 32.2. The van der Waals surface area contributed by atoms with Crippen molar-refractivity contribution in [3.8, 4) is 33.8 Å². The second kappa shape index (κ2) is 13.3. The summed E-state index contributed by atoms with van der Waals surface area (Å²) in [6, 6.07) is 82.6. The van der Waals surface area contributed by atoms with E-state index in [4.69, 9.17) is 9.15 Å². The Labute approximate surface area is 386 Å². The van der Waals surface area contributed by atoms with E-state index < -0.39 is 10.8 Å². The molecular formula is C62H37NO2S. The van der Waals surface area contributed by atoms with E-state index in [0.717, 1.165) is 61.6 Å². The summed E-state index contributed by atoms with van der Waals surface area (Å²) in [7, 11) is 0. The van der Waals surface area contributed by atoms with Gasteiger partial charge in [-0.2, -0.15) is 0 Å². The molecule has 2 spiro atoms. The molecule has 3 nitrogen and oxygen atoms in total. The highest BCUT2D eigenvalue weighted by molar-refractivity contribution is 7.99. The molecule has 0 fully saturated rings. The van der Waals surface area contributed by atoms with Crippen LogP contribution in [-0.4, -0.2) is 0 Å². The van der Waals surface area contributed by atoms with Crippen molar-refractivity contribution < 1.29 is 9.15 Å². The van der Waals surface area contributed by atoms with Gasteiger partial charge in [0.15, 0.2) is 0 Å². The Balaban J connectivity index is 0.994. The standard InChI is InChI=1S/C62H37NO2S/c1-4-18-47-41(15-1)44-35-38(29-32-49(44)61(47)51-20-6-11-25-57(51)65-58-26-12-7-21-52(58)61)63(40-31-34-56-46(37-40)43-17-3-10-24-55(43)64-56)39-30-33-50-45(36-39)42-16-2-5-19-48(42)62(50)53-22-8-13-27-59(53)66-60-28-14-9-23-54(60)62/h1-37H. The fraction of sp³-hybridized carbons (Fsp3) is 0.0323. The van der Waals surface area contributed by atoms with E-state index in [1.165, 1.54) is 65.4 Å². The molecule has 15 rings (SSSR count). The van der Waals surface area contributed by atoms with Gasteiger partial charge in [-0.1, -0.05) is 163 Å². The van der Waals surface area contributed by atoms with Crippen molar-refractivity contribution in [3.63, 3.8) is 0 Å². The van der Waals surface area contributed by atoms with Crippen LogP contribution in [0.1, 0.15) is 44.5 Å². The predicted octanol–water partition coefficient (Wildman–Crippen LogP) is 16.4. The topological polar surface area (TPSA) is 25.6 Å². The molecule has 0 saturated heterocycles. The molecule has 4 aliphatic rings. The number of anilines is 3. The van der Waals surface area contributed by atoms with E-state index in [1.807, 2.05) is 17.8 Å². The average Bonchev–Trinajstić information content (AvgIpc) is 3.99. The minimum atomic E-state index is -0.550. The molecule has 0 saturated carbocycles. The van der Waals surface area contributed by atoms with Crippen LogP contribution in [-0.2, 0) is 10.8 Å². The number of hydrogen-bond acceptors (Lipinski definition) is 4. The summed E-state index contributed by atoms with van der Waals surface area (Å²) >= 11 is 1.88. The quantitative estimate of drug-likeness (QED) is 0.177. The second-order valence-electron chi connectivity index (χ2n) is 17.9. The van der Waals surface area contributed by atoms with Crippen LogP contribution < -0.4 is 9.64 Å². The van der Waals surface area contributed by atoms with Crippen LogP contribution >= 0.6 is 11.8 Å². The monoisotopic (exact) mass is 859 g/mol. The Kier molecular flexibility index (Phi) is 7.29. The number of ether oxygens (including phenoxy) is 1. The maximum atomic E-state index is 6.66. The average molecular weight is 860 g/mol.